The van der Waals surface area contributed by atoms with Gasteiger partial charge in [-0.05, 0) is 379 Å². The van der Waals surface area contributed by atoms with E-state index in [-0.39, 0.29) is 43.3 Å². The molecule has 16 aliphatic rings. The molecule has 2 heteroatoms. The molecule has 0 heterocycles. The highest BCUT2D eigenvalue weighted by Crippen LogP contribution is 2.68. The topological polar surface area (TPSA) is 6.48 Å². The van der Waals surface area contributed by atoms with Crippen LogP contribution in [0.4, 0.5) is 34.1 Å². The molecule has 16 fully saturated rings. The van der Waals surface area contributed by atoms with Crippen molar-refractivity contribution < 1.29 is 0 Å². The SMILES string of the molecule is CC(C)(C)c1cc(N(c2cc(C34CC5CC(CC(C5)C3)C4)cc(C34CC5CC(CC(C5)C3)C4)c2)c2c3ccccc3c(N(c3cc(C(C)(C)C)cc(C(C)(C)C)c3)c3cc(C45CC6CC(CC(C6)C4)C5)cc(C45CC6CC(CC(C6)C4)C5)c3)c3cc(-c4ccccc4)ccc23)cc(C(C)(C)C)c1. The van der Waals surface area contributed by atoms with Crippen molar-refractivity contribution in [3.05, 3.63) is 190 Å². The van der Waals surface area contributed by atoms with E-state index in [1.807, 2.05) is 0 Å². The summed E-state index contributed by atoms with van der Waals surface area (Å²) in [4.78, 5) is 5.89. The predicted octanol–water partition coefficient (Wildman–Crippen LogP) is 27.7. The highest BCUT2D eigenvalue weighted by Gasteiger charge is 2.57. The van der Waals surface area contributed by atoms with Gasteiger partial charge in [-0.3, -0.25) is 0 Å². The molecule has 24 rings (SSSR count). The van der Waals surface area contributed by atoms with Gasteiger partial charge in [0, 0.05) is 44.3 Å². The van der Waals surface area contributed by atoms with E-state index in [0.29, 0.717) is 0 Å². The van der Waals surface area contributed by atoms with Gasteiger partial charge in [0.25, 0.3) is 0 Å². The number of anilines is 6. The second-order valence-corrected chi connectivity index (χ2v) is 42.9. The van der Waals surface area contributed by atoms with Gasteiger partial charge in [-0.2, -0.15) is 0 Å². The second-order valence-electron chi connectivity index (χ2n) is 42.9. The van der Waals surface area contributed by atoms with Gasteiger partial charge in [-0.1, -0.05) is 174 Å². The standard InChI is InChI=1S/C100H120N2/c1-93(2,3)75-37-76(94(4,5)6)42-83(41-75)101(85-45-79(97-49-61-24-62(50-97)26-63(25-61)51-97)39-80(46-85)98-52-64-27-65(53-98)29-66(28-64)54-98)91-87-20-16-17-21-88(87)92(90-36-74(22-23-89(90)91)73-18-14-13-15-19-73)102(84-43-77(95(7,8)9)38-78(44-84)96(10,11)12)86-47-81(99-55-67-30-68(56-99)32-69(31-67)57-99)40-82(48-86)100-58-70-33-71(59-100)35-72(34-70)60-100/h13-23,36-48,61-72H,24-35,49-60H2,1-12H3. The second kappa shape index (κ2) is 22.7. The third kappa shape index (κ3) is 10.8. The number of benzene rings is 8. The maximum absolute atomic E-state index is 2.95. The molecule has 0 atom stereocenters. The van der Waals surface area contributed by atoms with Crippen LogP contribution in [0.25, 0.3) is 32.7 Å². The van der Waals surface area contributed by atoms with Gasteiger partial charge in [-0.15, -0.1) is 0 Å². The summed E-state index contributed by atoms with van der Waals surface area (Å²) < 4.78 is 0. The van der Waals surface area contributed by atoms with Crippen molar-refractivity contribution in [2.24, 2.45) is 71.0 Å². The molecule has 0 spiro atoms. The monoisotopic (exact) mass is 1350 g/mol. The van der Waals surface area contributed by atoms with Crippen molar-refractivity contribution >= 4 is 55.7 Å². The minimum atomic E-state index is -0.0880. The van der Waals surface area contributed by atoms with E-state index in [2.05, 4.69) is 238 Å². The molecule has 16 aliphatic carbocycles. The first kappa shape index (κ1) is 65.4. The van der Waals surface area contributed by atoms with Crippen molar-refractivity contribution in [2.45, 2.75) is 281 Å². The lowest BCUT2D eigenvalue weighted by Crippen LogP contribution is -2.50. The zero-order valence-corrected chi connectivity index (χ0v) is 64.6. The van der Waals surface area contributed by atoms with Gasteiger partial charge in [0.15, 0.2) is 0 Å². The Labute approximate surface area is 614 Å². The lowest BCUT2D eigenvalue weighted by Gasteiger charge is -2.59. The first-order valence-corrected chi connectivity index (χ1v) is 41.9. The molecule has 102 heavy (non-hydrogen) atoms. The first-order chi connectivity index (χ1) is 48.6. The Bertz CT molecular complexity index is 4340. The van der Waals surface area contributed by atoms with E-state index < -0.39 is 0 Å². The number of rotatable bonds is 11. The van der Waals surface area contributed by atoms with E-state index in [1.165, 1.54) is 243 Å². The molecule has 0 amide bonds. The molecule has 530 valence electrons. The van der Waals surface area contributed by atoms with Crippen LogP contribution in [0, 0.1) is 71.0 Å². The number of fused-ring (bicyclic) bond motifs is 2. The van der Waals surface area contributed by atoms with Crippen LogP contribution >= 0.6 is 0 Å². The molecular weight excluding hydrogens is 1230 g/mol. The molecule has 0 unspecified atom stereocenters. The highest BCUT2D eigenvalue weighted by molar-refractivity contribution is 6.24. The van der Waals surface area contributed by atoms with Crippen LogP contribution in [0.2, 0.25) is 0 Å². The van der Waals surface area contributed by atoms with Gasteiger partial charge in [0.2, 0.25) is 0 Å². The molecule has 16 saturated carbocycles. The molecule has 8 aromatic carbocycles. The molecule has 0 saturated heterocycles. The zero-order chi connectivity index (χ0) is 69.6. The lowest BCUT2D eigenvalue weighted by atomic mass is 9.46. The van der Waals surface area contributed by atoms with E-state index in [1.54, 1.807) is 22.3 Å². The fourth-order valence-corrected chi connectivity index (χ4v) is 28.0. The first-order valence-electron chi connectivity index (χ1n) is 41.9. The fraction of sp³-hybridized carbons (Fsp3) is 0.560. The van der Waals surface area contributed by atoms with Crippen LogP contribution in [0.1, 0.15) is 282 Å². The van der Waals surface area contributed by atoms with E-state index >= 15 is 0 Å². The van der Waals surface area contributed by atoms with E-state index in [9.17, 15) is 0 Å². The number of nitrogens with zero attached hydrogens (tertiary/aromatic N) is 2. The largest absolute Gasteiger partial charge is 0.309 e. The molecule has 0 radical (unpaired) electrons. The van der Waals surface area contributed by atoms with Crippen molar-refractivity contribution in [1.82, 2.24) is 0 Å². The summed E-state index contributed by atoms with van der Waals surface area (Å²) in [6.07, 6.45) is 34.0. The average Bonchev–Trinajstić information content (AvgIpc) is 0.720. The number of hydrogen-bond acceptors (Lipinski definition) is 2. The average molecular weight is 1350 g/mol. The summed E-state index contributed by atoms with van der Waals surface area (Å²) in [7, 11) is 0. The summed E-state index contributed by atoms with van der Waals surface area (Å²) in [5.74, 6) is 10.3. The molecular formula is C100H120N2. The van der Waals surface area contributed by atoms with Crippen LogP contribution in [0.3, 0.4) is 0 Å². The lowest BCUT2D eigenvalue weighted by molar-refractivity contribution is -0.00856. The fourth-order valence-electron chi connectivity index (χ4n) is 28.0. The Kier molecular flexibility index (Phi) is 14.6. The highest BCUT2D eigenvalue weighted by atomic mass is 15.2. The van der Waals surface area contributed by atoms with Crippen LogP contribution in [0.5, 0.6) is 0 Å². The number of hydrogen-bond donors (Lipinski definition) is 0. The van der Waals surface area contributed by atoms with Crippen LogP contribution in [-0.4, -0.2) is 0 Å². The molecule has 8 aromatic rings. The van der Waals surface area contributed by atoms with Gasteiger partial charge in [-0.25, -0.2) is 0 Å². The quantitative estimate of drug-likeness (QED) is 0.0941. The predicted molar refractivity (Wildman–Crippen MR) is 430 cm³/mol. The summed E-state index contributed by atoms with van der Waals surface area (Å²) in [5, 5.41) is 5.36. The van der Waals surface area contributed by atoms with Crippen LogP contribution in [0.15, 0.2) is 146 Å². The minimum Gasteiger partial charge on any atom is -0.309 e. The maximum atomic E-state index is 2.95. The minimum absolute atomic E-state index is 0.0839. The Morgan fingerprint density at radius 2 is 0.480 bits per heavy atom. The summed E-state index contributed by atoms with van der Waals surface area (Å²) >= 11 is 0. The van der Waals surface area contributed by atoms with E-state index in [4.69, 9.17) is 0 Å². The van der Waals surface area contributed by atoms with E-state index in [0.717, 1.165) is 71.0 Å². The normalized spacial score (nSPS) is 33.9. The summed E-state index contributed by atoms with van der Waals surface area (Å²) in [5.41, 5.74) is 23.6. The Morgan fingerprint density at radius 3 is 0.755 bits per heavy atom. The van der Waals surface area contributed by atoms with Gasteiger partial charge < -0.3 is 9.80 Å². The molecule has 2 nitrogen and oxygen atoms in total. The third-order valence-corrected chi connectivity index (χ3v) is 31.3. The third-order valence-electron chi connectivity index (χ3n) is 31.3. The summed E-state index contributed by atoms with van der Waals surface area (Å²) in [6.45, 7) is 29.6. The van der Waals surface area contributed by atoms with Crippen molar-refractivity contribution in [3.63, 3.8) is 0 Å². The van der Waals surface area contributed by atoms with Crippen molar-refractivity contribution in [1.29, 1.82) is 0 Å². The van der Waals surface area contributed by atoms with Crippen LogP contribution < -0.4 is 9.80 Å². The molecule has 0 aliphatic heterocycles. The molecule has 16 bridgehead atoms. The van der Waals surface area contributed by atoms with Gasteiger partial charge >= 0.3 is 0 Å². The van der Waals surface area contributed by atoms with Crippen molar-refractivity contribution in [2.75, 3.05) is 9.80 Å². The summed E-state index contributed by atoms with van der Waals surface area (Å²) in [6, 6.07) is 62.6. The molecule has 0 aromatic heterocycles. The smallest absolute Gasteiger partial charge is 0.0620 e. The Balaban J connectivity index is 0.913. The molecule has 0 N–H and O–H groups in total. The van der Waals surface area contributed by atoms with Crippen molar-refractivity contribution in [3.8, 4) is 11.1 Å². The van der Waals surface area contributed by atoms with Gasteiger partial charge in [0.1, 0.15) is 0 Å². The zero-order valence-electron chi connectivity index (χ0n) is 64.6. The Morgan fingerprint density at radius 1 is 0.235 bits per heavy atom. The van der Waals surface area contributed by atoms with Crippen LogP contribution in [-0.2, 0) is 43.3 Å². The maximum Gasteiger partial charge on any atom is 0.0620 e. The van der Waals surface area contributed by atoms with Gasteiger partial charge in [0.05, 0.1) is 11.4 Å². The Hall–Kier alpha value is -6.12.